The maximum atomic E-state index is 10.9. The van der Waals surface area contributed by atoms with E-state index in [1.165, 1.54) is 44.9 Å². The summed E-state index contributed by atoms with van der Waals surface area (Å²) in [5.41, 5.74) is 2.14. The number of aryl methyl sites for hydroxylation is 1. The summed E-state index contributed by atoms with van der Waals surface area (Å²) in [7, 11) is 0. The van der Waals surface area contributed by atoms with Gasteiger partial charge in [-0.2, -0.15) is 0 Å². The van der Waals surface area contributed by atoms with Crippen LogP contribution in [0.15, 0.2) is 24.3 Å². The van der Waals surface area contributed by atoms with Gasteiger partial charge in [-0.1, -0.05) is 85.5 Å². The van der Waals surface area contributed by atoms with Gasteiger partial charge in [-0.25, -0.2) is 0 Å². The highest BCUT2D eigenvalue weighted by Gasteiger charge is 2.26. The van der Waals surface area contributed by atoms with Crippen LogP contribution in [0.2, 0.25) is 0 Å². The Balaban J connectivity index is 2.21. The van der Waals surface area contributed by atoms with Crippen LogP contribution in [-0.4, -0.2) is 20.4 Å². The lowest BCUT2D eigenvalue weighted by Gasteiger charge is -2.25. The molecule has 0 aliphatic rings. The minimum Gasteiger partial charge on any atom is -0.508 e. The van der Waals surface area contributed by atoms with E-state index < -0.39 is 0 Å². The van der Waals surface area contributed by atoms with Gasteiger partial charge < -0.3 is 20.4 Å². The van der Waals surface area contributed by atoms with Gasteiger partial charge in [-0.15, -0.1) is 0 Å². The third-order valence-electron chi connectivity index (χ3n) is 6.65. The number of aromatic hydroxyl groups is 4. The molecule has 2 rings (SSSR count). The van der Waals surface area contributed by atoms with E-state index in [1.807, 2.05) is 20.8 Å². The van der Waals surface area contributed by atoms with Crippen LogP contribution in [0.4, 0.5) is 0 Å². The first-order valence-electron chi connectivity index (χ1n) is 12.6. The molecule has 0 heterocycles. The molecule has 0 bridgehead atoms. The first-order chi connectivity index (χ1) is 15.6. The molecule has 2 aromatic carbocycles. The molecule has 0 fully saturated rings. The summed E-state index contributed by atoms with van der Waals surface area (Å²) in [6.45, 7) is 9.95. The van der Waals surface area contributed by atoms with Crippen molar-refractivity contribution < 1.29 is 20.4 Å². The van der Waals surface area contributed by atoms with Gasteiger partial charge in [-0.05, 0) is 48.6 Å². The molecule has 1 unspecified atom stereocenters. The van der Waals surface area contributed by atoms with E-state index in [-0.39, 0.29) is 34.3 Å². The first-order valence-corrected chi connectivity index (χ1v) is 12.6. The van der Waals surface area contributed by atoms with Crippen LogP contribution in [0.1, 0.15) is 120 Å². The van der Waals surface area contributed by atoms with E-state index in [0.29, 0.717) is 28.7 Å². The predicted octanol–water partition coefficient (Wildman–Crippen LogP) is 8.17. The lowest BCUT2D eigenvalue weighted by molar-refractivity contribution is 0.422. The van der Waals surface area contributed by atoms with Crippen LogP contribution in [0.5, 0.6) is 23.0 Å². The second kappa shape index (κ2) is 12.2. The van der Waals surface area contributed by atoms with Gasteiger partial charge >= 0.3 is 0 Å². The molecule has 33 heavy (non-hydrogen) atoms. The Morgan fingerprint density at radius 3 is 1.67 bits per heavy atom. The average molecular weight is 457 g/mol. The van der Waals surface area contributed by atoms with Crippen molar-refractivity contribution in [1.82, 2.24) is 0 Å². The molecule has 0 saturated carbocycles. The summed E-state index contributed by atoms with van der Waals surface area (Å²) in [5, 5.41) is 42.6. The van der Waals surface area contributed by atoms with Crippen LogP contribution in [-0.2, 0) is 5.41 Å². The average Bonchev–Trinajstić information content (AvgIpc) is 2.73. The maximum absolute atomic E-state index is 10.9. The minimum absolute atomic E-state index is 0.102. The molecular weight excluding hydrogens is 412 g/mol. The zero-order chi connectivity index (χ0) is 24.6. The number of rotatable bonds is 12. The molecule has 0 spiro atoms. The number of phenolic OH excluding ortho intramolecular Hbond substituents is 4. The van der Waals surface area contributed by atoms with E-state index in [4.69, 9.17) is 0 Å². The van der Waals surface area contributed by atoms with Gasteiger partial charge in [0.25, 0.3) is 0 Å². The third kappa shape index (κ3) is 7.58. The standard InChI is InChI=1S/C29H44O4/c1-6-7-8-9-10-11-12-13-14-15-21(22-17-25(30)20(2)16-26(22)31)23-18-28(33)24(19-27(23)32)29(3,4)5/h16-19,21,30-33H,6-15H2,1-5H3. The van der Waals surface area contributed by atoms with Crippen molar-refractivity contribution in [3.63, 3.8) is 0 Å². The first kappa shape index (κ1) is 26.9. The SMILES string of the molecule is CCCCCCCCCCCC(c1cc(O)c(C)cc1O)c1cc(O)c(C(C)(C)C)cc1O. The fourth-order valence-corrected chi connectivity index (χ4v) is 4.59. The predicted molar refractivity (Wildman–Crippen MR) is 137 cm³/mol. The Morgan fingerprint density at radius 2 is 1.12 bits per heavy atom. The second-order valence-electron chi connectivity index (χ2n) is 10.5. The molecule has 0 saturated heterocycles. The van der Waals surface area contributed by atoms with Crippen molar-refractivity contribution in [1.29, 1.82) is 0 Å². The summed E-state index contributed by atoms with van der Waals surface area (Å²) in [6, 6.07) is 6.43. The van der Waals surface area contributed by atoms with Gasteiger partial charge in [0, 0.05) is 22.6 Å². The van der Waals surface area contributed by atoms with E-state index in [0.717, 1.165) is 12.8 Å². The number of hydrogen-bond acceptors (Lipinski definition) is 4. The summed E-state index contributed by atoms with van der Waals surface area (Å²) < 4.78 is 0. The summed E-state index contributed by atoms with van der Waals surface area (Å²) in [6.07, 6.45) is 11.6. The van der Waals surface area contributed by atoms with Crippen molar-refractivity contribution in [3.05, 3.63) is 46.5 Å². The highest BCUT2D eigenvalue weighted by Crippen LogP contribution is 2.45. The molecule has 0 aliphatic heterocycles. The van der Waals surface area contributed by atoms with Gasteiger partial charge in [0.05, 0.1) is 0 Å². The van der Waals surface area contributed by atoms with Gasteiger partial charge in [0.15, 0.2) is 0 Å². The molecular formula is C29H44O4. The van der Waals surface area contributed by atoms with E-state index in [2.05, 4.69) is 6.92 Å². The molecule has 4 heteroatoms. The highest BCUT2D eigenvalue weighted by atomic mass is 16.3. The molecule has 4 N–H and O–H groups in total. The van der Waals surface area contributed by atoms with E-state index >= 15 is 0 Å². The topological polar surface area (TPSA) is 80.9 Å². The van der Waals surface area contributed by atoms with Gasteiger partial charge in [0.1, 0.15) is 23.0 Å². The second-order valence-corrected chi connectivity index (χ2v) is 10.5. The van der Waals surface area contributed by atoms with Gasteiger partial charge in [0.2, 0.25) is 0 Å². The largest absolute Gasteiger partial charge is 0.508 e. The normalized spacial score (nSPS) is 12.8. The zero-order valence-electron chi connectivity index (χ0n) is 21.2. The number of hydrogen-bond donors (Lipinski definition) is 4. The third-order valence-corrected chi connectivity index (χ3v) is 6.65. The molecule has 0 aromatic heterocycles. The Labute approximate surface area is 200 Å². The Kier molecular flexibility index (Phi) is 9.94. The van der Waals surface area contributed by atoms with Crippen molar-refractivity contribution >= 4 is 0 Å². The molecule has 0 amide bonds. The summed E-state index contributed by atoms with van der Waals surface area (Å²) in [5.74, 6) is 0.155. The highest BCUT2D eigenvalue weighted by molar-refractivity contribution is 5.55. The van der Waals surface area contributed by atoms with Crippen LogP contribution < -0.4 is 0 Å². The lowest BCUT2D eigenvalue weighted by atomic mass is 9.81. The summed E-state index contributed by atoms with van der Waals surface area (Å²) in [4.78, 5) is 0. The van der Waals surface area contributed by atoms with Crippen LogP contribution in [0, 0.1) is 6.92 Å². The van der Waals surface area contributed by atoms with Crippen LogP contribution >= 0.6 is 0 Å². The number of phenols is 4. The zero-order valence-corrected chi connectivity index (χ0v) is 21.2. The number of unbranched alkanes of at least 4 members (excludes halogenated alkanes) is 8. The van der Waals surface area contributed by atoms with Crippen molar-refractivity contribution in [2.24, 2.45) is 0 Å². The fraction of sp³-hybridized carbons (Fsp3) is 0.586. The monoisotopic (exact) mass is 456 g/mol. The smallest absolute Gasteiger partial charge is 0.119 e. The molecule has 2 aromatic rings. The molecule has 4 nitrogen and oxygen atoms in total. The van der Waals surface area contributed by atoms with E-state index in [1.54, 1.807) is 31.2 Å². The maximum Gasteiger partial charge on any atom is 0.119 e. The molecule has 0 radical (unpaired) electrons. The van der Waals surface area contributed by atoms with Crippen molar-refractivity contribution in [2.45, 2.75) is 110 Å². The minimum atomic E-state index is -0.319. The quantitative estimate of drug-likeness (QED) is 0.192. The van der Waals surface area contributed by atoms with Crippen LogP contribution in [0.25, 0.3) is 0 Å². The molecule has 0 aliphatic carbocycles. The molecule has 184 valence electrons. The fourth-order valence-electron chi connectivity index (χ4n) is 4.59. The molecule has 1 atom stereocenters. The van der Waals surface area contributed by atoms with Crippen LogP contribution in [0.3, 0.4) is 0 Å². The van der Waals surface area contributed by atoms with Crippen molar-refractivity contribution in [3.8, 4) is 23.0 Å². The Morgan fingerprint density at radius 1 is 0.636 bits per heavy atom. The van der Waals surface area contributed by atoms with Crippen molar-refractivity contribution in [2.75, 3.05) is 0 Å². The number of benzene rings is 2. The summed E-state index contributed by atoms with van der Waals surface area (Å²) >= 11 is 0. The Hall–Kier alpha value is -2.36. The van der Waals surface area contributed by atoms with Gasteiger partial charge in [-0.3, -0.25) is 0 Å². The lowest BCUT2D eigenvalue weighted by Crippen LogP contribution is -2.12. The Bertz CT molecular complexity index is 895. The van der Waals surface area contributed by atoms with E-state index in [9.17, 15) is 20.4 Å².